The highest BCUT2D eigenvalue weighted by atomic mass is 16.4. The van der Waals surface area contributed by atoms with Crippen molar-refractivity contribution in [2.75, 3.05) is 6.54 Å². The maximum Gasteiger partial charge on any atom is 0.315 e. The van der Waals surface area contributed by atoms with Gasteiger partial charge in [0.25, 0.3) is 0 Å². The van der Waals surface area contributed by atoms with Gasteiger partial charge in [-0.05, 0) is 30.5 Å². The molecule has 20 heavy (non-hydrogen) atoms. The SMILES string of the molecule is O=C(NCCc1ccncc1)NC1C=CC(C(=O)O)C1. The molecule has 1 aliphatic rings. The topological polar surface area (TPSA) is 91.3 Å². The zero-order valence-corrected chi connectivity index (χ0v) is 11.0. The number of aromatic nitrogens is 1. The van der Waals surface area contributed by atoms with E-state index in [1.165, 1.54) is 0 Å². The number of urea groups is 1. The van der Waals surface area contributed by atoms with Crippen LogP contribution in [0, 0.1) is 5.92 Å². The van der Waals surface area contributed by atoms with E-state index in [2.05, 4.69) is 15.6 Å². The molecule has 2 atom stereocenters. The molecule has 1 heterocycles. The summed E-state index contributed by atoms with van der Waals surface area (Å²) in [5, 5.41) is 14.3. The molecule has 106 valence electrons. The average Bonchev–Trinajstić information content (AvgIpc) is 2.88. The van der Waals surface area contributed by atoms with Crippen molar-refractivity contribution in [3.63, 3.8) is 0 Å². The minimum atomic E-state index is -0.858. The molecule has 2 amide bonds. The van der Waals surface area contributed by atoms with Gasteiger partial charge in [-0.25, -0.2) is 4.79 Å². The zero-order valence-electron chi connectivity index (χ0n) is 11.0. The van der Waals surface area contributed by atoms with E-state index >= 15 is 0 Å². The number of hydrogen-bond donors (Lipinski definition) is 3. The number of carbonyl (C=O) groups is 2. The van der Waals surface area contributed by atoms with Gasteiger partial charge >= 0.3 is 12.0 Å². The first kappa shape index (κ1) is 14.0. The molecule has 1 aromatic rings. The first-order chi connectivity index (χ1) is 9.65. The van der Waals surface area contributed by atoms with Gasteiger partial charge in [-0.15, -0.1) is 0 Å². The molecule has 3 N–H and O–H groups in total. The summed E-state index contributed by atoms with van der Waals surface area (Å²) in [6, 6.07) is 3.31. The fourth-order valence-electron chi connectivity index (χ4n) is 2.08. The van der Waals surface area contributed by atoms with Crippen LogP contribution in [0.3, 0.4) is 0 Å². The van der Waals surface area contributed by atoms with E-state index in [0.717, 1.165) is 12.0 Å². The van der Waals surface area contributed by atoms with Gasteiger partial charge in [-0.2, -0.15) is 0 Å². The predicted molar refractivity (Wildman–Crippen MR) is 73.1 cm³/mol. The number of rotatable bonds is 5. The van der Waals surface area contributed by atoms with E-state index in [1.807, 2.05) is 12.1 Å². The largest absolute Gasteiger partial charge is 0.481 e. The van der Waals surface area contributed by atoms with E-state index in [0.29, 0.717) is 13.0 Å². The summed E-state index contributed by atoms with van der Waals surface area (Å²) in [5.41, 5.74) is 1.10. The molecule has 1 aromatic heterocycles. The Morgan fingerprint density at radius 1 is 1.30 bits per heavy atom. The third kappa shape index (κ3) is 4.08. The third-order valence-corrected chi connectivity index (χ3v) is 3.17. The van der Waals surface area contributed by atoms with Crippen molar-refractivity contribution in [3.8, 4) is 0 Å². The molecule has 0 saturated carbocycles. The Balaban J connectivity index is 1.67. The fourth-order valence-corrected chi connectivity index (χ4v) is 2.08. The van der Waals surface area contributed by atoms with Gasteiger partial charge in [0.2, 0.25) is 0 Å². The molecule has 0 saturated heterocycles. The Morgan fingerprint density at radius 3 is 2.70 bits per heavy atom. The molecule has 0 aromatic carbocycles. The van der Waals surface area contributed by atoms with Crippen molar-refractivity contribution in [1.82, 2.24) is 15.6 Å². The smallest absolute Gasteiger partial charge is 0.315 e. The highest BCUT2D eigenvalue weighted by molar-refractivity contribution is 5.76. The molecule has 2 unspecified atom stereocenters. The summed E-state index contributed by atoms with van der Waals surface area (Å²) >= 11 is 0. The number of hydrogen-bond acceptors (Lipinski definition) is 3. The number of aliphatic carboxylic acids is 1. The van der Waals surface area contributed by atoms with Crippen LogP contribution >= 0.6 is 0 Å². The highest BCUT2D eigenvalue weighted by Gasteiger charge is 2.25. The zero-order chi connectivity index (χ0) is 14.4. The van der Waals surface area contributed by atoms with Crippen LogP contribution in [0.1, 0.15) is 12.0 Å². The van der Waals surface area contributed by atoms with Gasteiger partial charge < -0.3 is 15.7 Å². The molecule has 6 nitrogen and oxygen atoms in total. The number of pyridine rings is 1. The molecule has 6 heteroatoms. The fraction of sp³-hybridized carbons (Fsp3) is 0.357. The minimum absolute atomic E-state index is 0.211. The maximum absolute atomic E-state index is 11.6. The lowest BCUT2D eigenvalue weighted by molar-refractivity contribution is -0.140. The summed E-state index contributed by atoms with van der Waals surface area (Å²) < 4.78 is 0. The molecule has 0 bridgehead atoms. The minimum Gasteiger partial charge on any atom is -0.481 e. The second kappa shape index (κ2) is 6.70. The van der Waals surface area contributed by atoms with Crippen LogP contribution in [0.2, 0.25) is 0 Å². The summed E-state index contributed by atoms with van der Waals surface area (Å²) in [5.74, 6) is -1.36. The van der Waals surface area contributed by atoms with Crippen molar-refractivity contribution < 1.29 is 14.7 Å². The molecular formula is C14H17N3O3. The van der Waals surface area contributed by atoms with Crippen molar-refractivity contribution in [1.29, 1.82) is 0 Å². The van der Waals surface area contributed by atoms with Gasteiger partial charge in [-0.3, -0.25) is 9.78 Å². The van der Waals surface area contributed by atoms with E-state index in [1.54, 1.807) is 24.5 Å². The summed E-state index contributed by atoms with van der Waals surface area (Å²) in [4.78, 5) is 26.4. The number of carboxylic acid groups (broad SMARTS) is 1. The van der Waals surface area contributed by atoms with Gasteiger partial charge in [0.1, 0.15) is 0 Å². The van der Waals surface area contributed by atoms with Crippen LogP contribution < -0.4 is 10.6 Å². The van der Waals surface area contributed by atoms with Crippen molar-refractivity contribution >= 4 is 12.0 Å². The Kier molecular flexibility index (Phi) is 4.70. The monoisotopic (exact) mass is 275 g/mol. The molecule has 0 aliphatic heterocycles. The number of carboxylic acids is 1. The summed E-state index contributed by atoms with van der Waals surface area (Å²) in [6.07, 6.45) is 7.91. The van der Waals surface area contributed by atoms with Crippen LogP contribution in [0.4, 0.5) is 4.79 Å². The standard InChI is InChI=1S/C14H17N3O3/c18-13(19)11-1-2-12(9-11)17-14(20)16-8-5-10-3-6-15-7-4-10/h1-4,6-7,11-12H,5,8-9H2,(H,18,19)(H2,16,17,20). The number of carbonyl (C=O) groups excluding carboxylic acids is 1. The van der Waals surface area contributed by atoms with Crippen LogP contribution in [0.5, 0.6) is 0 Å². The maximum atomic E-state index is 11.6. The molecule has 1 aliphatic carbocycles. The summed E-state index contributed by atoms with van der Waals surface area (Å²) in [6.45, 7) is 0.522. The predicted octanol–water partition coefficient (Wildman–Crippen LogP) is 0.953. The van der Waals surface area contributed by atoms with E-state index in [-0.39, 0.29) is 12.1 Å². The molecular weight excluding hydrogens is 258 g/mol. The first-order valence-corrected chi connectivity index (χ1v) is 6.49. The Hall–Kier alpha value is -2.37. The number of nitrogens with one attached hydrogen (secondary N) is 2. The lowest BCUT2D eigenvalue weighted by Crippen LogP contribution is -2.41. The Labute approximate surface area is 116 Å². The van der Waals surface area contributed by atoms with Crippen molar-refractivity contribution in [3.05, 3.63) is 42.2 Å². The first-order valence-electron chi connectivity index (χ1n) is 6.49. The molecule has 0 spiro atoms. The average molecular weight is 275 g/mol. The van der Waals surface area contributed by atoms with Crippen molar-refractivity contribution in [2.45, 2.75) is 18.9 Å². The number of amides is 2. The van der Waals surface area contributed by atoms with E-state index in [4.69, 9.17) is 5.11 Å². The summed E-state index contributed by atoms with van der Waals surface area (Å²) in [7, 11) is 0. The van der Waals surface area contributed by atoms with Crippen LogP contribution in [0.15, 0.2) is 36.7 Å². The normalized spacial score (nSPS) is 20.6. The van der Waals surface area contributed by atoms with Gasteiger partial charge in [-0.1, -0.05) is 12.2 Å². The highest BCUT2D eigenvalue weighted by Crippen LogP contribution is 2.17. The van der Waals surface area contributed by atoms with Gasteiger partial charge in [0, 0.05) is 18.9 Å². The Morgan fingerprint density at radius 2 is 2.05 bits per heavy atom. The molecule has 0 fully saturated rings. The van der Waals surface area contributed by atoms with Crippen LogP contribution in [-0.2, 0) is 11.2 Å². The van der Waals surface area contributed by atoms with Gasteiger partial charge in [0.15, 0.2) is 0 Å². The lowest BCUT2D eigenvalue weighted by Gasteiger charge is -2.13. The van der Waals surface area contributed by atoms with Crippen LogP contribution in [0.25, 0.3) is 0 Å². The van der Waals surface area contributed by atoms with E-state index in [9.17, 15) is 9.59 Å². The van der Waals surface area contributed by atoms with E-state index < -0.39 is 11.9 Å². The Bertz CT molecular complexity index is 502. The second-order valence-electron chi connectivity index (χ2n) is 4.68. The lowest BCUT2D eigenvalue weighted by atomic mass is 10.1. The number of nitrogens with zero attached hydrogens (tertiary/aromatic N) is 1. The quantitative estimate of drug-likeness (QED) is 0.698. The molecule has 0 radical (unpaired) electrons. The van der Waals surface area contributed by atoms with Crippen molar-refractivity contribution in [2.24, 2.45) is 5.92 Å². The van der Waals surface area contributed by atoms with Gasteiger partial charge in [0.05, 0.1) is 12.0 Å². The molecule has 2 rings (SSSR count). The van der Waals surface area contributed by atoms with Crippen LogP contribution in [-0.4, -0.2) is 34.7 Å². The third-order valence-electron chi connectivity index (χ3n) is 3.17. The second-order valence-corrected chi connectivity index (χ2v) is 4.68.